The van der Waals surface area contributed by atoms with Gasteiger partial charge in [0.15, 0.2) is 6.10 Å². The average Bonchev–Trinajstić information content (AvgIpc) is 2.58. The molecule has 0 bridgehead atoms. The number of hydrogen-bond acceptors (Lipinski definition) is 3. The van der Waals surface area contributed by atoms with Gasteiger partial charge in [-0.05, 0) is 30.7 Å². The van der Waals surface area contributed by atoms with Gasteiger partial charge in [-0.2, -0.15) is 0 Å². The van der Waals surface area contributed by atoms with Crippen molar-refractivity contribution in [1.82, 2.24) is 10.2 Å². The molecule has 1 aromatic carbocycles. The first kappa shape index (κ1) is 19.2. The summed E-state index contributed by atoms with van der Waals surface area (Å²) in [5, 5.41) is 3.01. The summed E-state index contributed by atoms with van der Waals surface area (Å²) < 4.78 is 5.47. The molecule has 1 aliphatic heterocycles. The van der Waals surface area contributed by atoms with Gasteiger partial charge in [-0.15, -0.1) is 0 Å². The number of rotatable bonds is 6. The highest BCUT2D eigenvalue weighted by molar-refractivity contribution is 5.81. The molecule has 0 spiro atoms. The first-order valence-electron chi connectivity index (χ1n) is 8.88. The third-order valence-corrected chi connectivity index (χ3v) is 4.66. The smallest absolute Gasteiger partial charge is 0.317 e. The number of nitrogens with two attached hydrogens (primary N) is 1. The average molecular weight is 347 g/mol. The lowest BCUT2D eigenvalue weighted by molar-refractivity contribution is -0.139. The van der Waals surface area contributed by atoms with Crippen molar-refractivity contribution >= 4 is 11.9 Å². The Kier molecular flexibility index (Phi) is 6.82. The van der Waals surface area contributed by atoms with Crippen LogP contribution in [0.5, 0.6) is 0 Å². The molecule has 1 fully saturated rings. The van der Waals surface area contributed by atoms with Crippen LogP contribution >= 0.6 is 0 Å². The zero-order chi connectivity index (χ0) is 18.4. The van der Waals surface area contributed by atoms with E-state index in [-0.39, 0.29) is 18.7 Å². The molecular formula is C19H29N3O3. The molecule has 6 nitrogen and oxygen atoms in total. The van der Waals surface area contributed by atoms with E-state index in [1.807, 2.05) is 25.1 Å². The lowest BCUT2D eigenvalue weighted by Crippen LogP contribution is -2.56. The van der Waals surface area contributed by atoms with Gasteiger partial charge in [-0.3, -0.25) is 4.79 Å². The van der Waals surface area contributed by atoms with Crippen LogP contribution in [0.25, 0.3) is 0 Å². The van der Waals surface area contributed by atoms with Gasteiger partial charge in [0, 0.05) is 13.1 Å². The summed E-state index contributed by atoms with van der Waals surface area (Å²) in [5.41, 5.74) is 6.59. The van der Waals surface area contributed by atoms with E-state index < -0.39 is 12.0 Å². The minimum absolute atomic E-state index is 0.167. The molecule has 1 saturated heterocycles. The molecular weight excluding hydrogens is 318 g/mol. The monoisotopic (exact) mass is 347 g/mol. The van der Waals surface area contributed by atoms with Crippen LogP contribution in [0, 0.1) is 11.8 Å². The van der Waals surface area contributed by atoms with Crippen molar-refractivity contribution in [2.75, 3.05) is 19.6 Å². The number of amides is 3. The number of morpholine rings is 1. The number of urea groups is 1. The number of carbonyl (C=O) groups excluding carboxylic acids is 2. The molecule has 25 heavy (non-hydrogen) atoms. The molecule has 2 rings (SSSR count). The molecule has 0 saturated carbocycles. The molecule has 3 atom stereocenters. The molecule has 3 amide bonds. The van der Waals surface area contributed by atoms with Crippen molar-refractivity contribution < 1.29 is 14.3 Å². The first-order valence-corrected chi connectivity index (χ1v) is 8.88. The maximum Gasteiger partial charge on any atom is 0.317 e. The Labute approximate surface area is 149 Å². The van der Waals surface area contributed by atoms with E-state index in [1.54, 1.807) is 4.90 Å². The van der Waals surface area contributed by atoms with E-state index in [0.29, 0.717) is 24.9 Å². The van der Waals surface area contributed by atoms with Crippen molar-refractivity contribution in [3.8, 4) is 0 Å². The fraction of sp³-hybridized carbons (Fsp3) is 0.579. The SMILES string of the molecule is CC(C)C(CNC(=O)N1CC(C(N)=O)O[C@H](C)C1)Cc1ccccc1. The molecule has 6 heteroatoms. The van der Waals surface area contributed by atoms with Crippen LogP contribution in [0.2, 0.25) is 0 Å². The van der Waals surface area contributed by atoms with Crippen molar-refractivity contribution in [2.45, 2.75) is 39.4 Å². The normalized spacial score (nSPS) is 21.8. The van der Waals surface area contributed by atoms with E-state index in [2.05, 4.69) is 31.3 Å². The van der Waals surface area contributed by atoms with E-state index >= 15 is 0 Å². The number of carbonyl (C=O) groups is 2. The quantitative estimate of drug-likeness (QED) is 0.823. The second kappa shape index (κ2) is 8.85. The van der Waals surface area contributed by atoms with E-state index in [1.165, 1.54) is 5.56 Å². The van der Waals surface area contributed by atoms with Crippen LogP contribution in [0.3, 0.4) is 0 Å². The molecule has 0 aliphatic carbocycles. The number of nitrogens with one attached hydrogen (secondary N) is 1. The Bertz CT molecular complexity index is 577. The van der Waals surface area contributed by atoms with Gasteiger partial charge in [0.05, 0.1) is 12.6 Å². The topological polar surface area (TPSA) is 84.7 Å². The highest BCUT2D eigenvalue weighted by atomic mass is 16.5. The van der Waals surface area contributed by atoms with Gasteiger partial charge >= 0.3 is 6.03 Å². The fourth-order valence-corrected chi connectivity index (χ4v) is 3.07. The molecule has 0 aromatic heterocycles. The Morgan fingerprint density at radius 3 is 2.56 bits per heavy atom. The van der Waals surface area contributed by atoms with E-state index in [4.69, 9.17) is 10.5 Å². The lowest BCUT2D eigenvalue weighted by Gasteiger charge is -2.35. The fourth-order valence-electron chi connectivity index (χ4n) is 3.07. The second-order valence-electron chi connectivity index (χ2n) is 7.12. The maximum absolute atomic E-state index is 12.5. The zero-order valence-corrected chi connectivity index (χ0v) is 15.3. The Morgan fingerprint density at radius 2 is 1.96 bits per heavy atom. The van der Waals surface area contributed by atoms with Gasteiger partial charge in [0.25, 0.3) is 0 Å². The number of ether oxygens (including phenoxy) is 1. The van der Waals surface area contributed by atoms with Crippen LogP contribution in [-0.4, -0.2) is 48.7 Å². The molecule has 2 unspecified atom stereocenters. The summed E-state index contributed by atoms with van der Waals surface area (Å²) in [5.74, 6) is 0.257. The van der Waals surface area contributed by atoms with Gasteiger partial charge < -0.3 is 20.7 Å². The lowest BCUT2D eigenvalue weighted by atomic mass is 9.89. The highest BCUT2D eigenvalue weighted by Crippen LogP contribution is 2.17. The van der Waals surface area contributed by atoms with Crippen molar-refractivity contribution in [3.05, 3.63) is 35.9 Å². The van der Waals surface area contributed by atoms with Gasteiger partial charge in [-0.1, -0.05) is 44.2 Å². The maximum atomic E-state index is 12.5. The zero-order valence-electron chi connectivity index (χ0n) is 15.3. The third-order valence-electron chi connectivity index (χ3n) is 4.66. The van der Waals surface area contributed by atoms with Crippen molar-refractivity contribution in [2.24, 2.45) is 17.6 Å². The number of benzene rings is 1. The van der Waals surface area contributed by atoms with Gasteiger partial charge in [0.2, 0.25) is 5.91 Å². The van der Waals surface area contributed by atoms with Gasteiger partial charge in [-0.25, -0.2) is 4.79 Å². The van der Waals surface area contributed by atoms with Crippen molar-refractivity contribution in [1.29, 1.82) is 0 Å². The van der Waals surface area contributed by atoms with Crippen LogP contribution in [0.4, 0.5) is 4.79 Å². The summed E-state index contributed by atoms with van der Waals surface area (Å²) >= 11 is 0. The first-order chi connectivity index (χ1) is 11.9. The molecule has 0 radical (unpaired) electrons. The number of primary amides is 1. The van der Waals surface area contributed by atoms with Crippen LogP contribution in [0.15, 0.2) is 30.3 Å². The Hall–Kier alpha value is -2.08. The van der Waals surface area contributed by atoms with E-state index in [0.717, 1.165) is 6.42 Å². The highest BCUT2D eigenvalue weighted by Gasteiger charge is 2.31. The molecule has 3 N–H and O–H groups in total. The van der Waals surface area contributed by atoms with Crippen molar-refractivity contribution in [3.63, 3.8) is 0 Å². The minimum Gasteiger partial charge on any atom is -0.367 e. The summed E-state index contributed by atoms with van der Waals surface area (Å²) in [4.78, 5) is 25.5. The number of hydrogen-bond donors (Lipinski definition) is 2. The molecule has 1 heterocycles. The largest absolute Gasteiger partial charge is 0.367 e. The molecule has 1 aliphatic rings. The molecule has 138 valence electrons. The molecule has 1 aromatic rings. The van der Waals surface area contributed by atoms with Crippen LogP contribution < -0.4 is 11.1 Å². The number of nitrogens with zero attached hydrogens (tertiary/aromatic N) is 1. The second-order valence-corrected chi connectivity index (χ2v) is 7.12. The standard InChI is InChI=1S/C19H29N3O3/c1-13(2)16(9-15-7-5-4-6-8-15)10-21-19(24)22-11-14(3)25-17(12-22)18(20)23/h4-8,13-14,16-17H,9-12H2,1-3H3,(H2,20,23)(H,21,24)/t14-,16?,17?/m1/s1. The van der Waals surface area contributed by atoms with Crippen LogP contribution in [-0.2, 0) is 16.0 Å². The Morgan fingerprint density at radius 1 is 1.28 bits per heavy atom. The Balaban J connectivity index is 1.91. The van der Waals surface area contributed by atoms with E-state index in [9.17, 15) is 9.59 Å². The predicted molar refractivity (Wildman–Crippen MR) is 97.0 cm³/mol. The summed E-state index contributed by atoms with van der Waals surface area (Å²) in [6, 6.07) is 10.1. The summed E-state index contributed by atoms with van der Waals surface area (Å²) in [7, 11) is 0. The third kappa shape index (κ3) is 5.74. The minimum atomic E-state index is -0.736. The van der Waals surface area contributed by atoms with Gasteiger partial charge in [0.1, 0.15) is 0 Å². The van der Waals surface area contributed by atoms with Crippen LogP contribution in [0.1, 0.15) is 26.3 Å². The predicted octanol–water partition coefficient (Wildman–Crippen LogP) is 1.79. The summed E-state index contributed by atoms with van der Waals surface area (Å²) in [6.45, 7) is 7.43. The summed E-state index contributed by atoms with van der Waals surface area (Å²) in [6.07, 6.45) is -0.0238.